The third kappa shape index (κ3) is 4.40. The lowest BCUT2D eigenvalue weighted by molar-refractivity contribution is 0.122. The molecule has 0 aromatic carbocycles. The molecular formula is C13H27NO2. The van der Waals surface area contributed by atoms with E-state index in [1.165, 1.54) is 19.3 Å². The Morgan fingerprint density at radius 2 is 2.31 bits per heavy atom. The van der Waals surface area contributed by atoms with Crippen molar-refractivity contribution < 1.29 is 9.84 Å². The fourth-order valence-corrected chi connectivity index (χ4v) is 2.31. The van der Waals surface area contributed by atoms with Crippen LogP contribution in [0.15, 0.2) is 0 Å². The van der Waals surface area contributed by atoms with E-state index in [-0.39, 0.29) is 12.0 Å². The Morgan fingerprint density at radius 3 is 2.88 bits per heavy atom. The normalized spacial score (nSPS) is 27.2. The van der Waals surface area contributed by atoms with Gasteiger partial charge in [0.1, 0.15) is 0 Å². The molecule has 0 spiro atoms. The smallest absolute Gasteiger partial charge is 0.0536 e. The van der Waals surface area contributed by atoms with Gasteiger partial charge in [0.15, 0.2) is 0 Å². The second-order valence-corrected chi connectivity index (χ2v) is 5.20. The van der Waals surface area contributed by atoms with Crippen LogP contribution in [0.25, 0.3) is 0 Å². The van der Waals surface area contributed by atoms with Crippen molar-refractivity contribution in [3.05, 3.63) is 0 Å². The van der Waals surface area contributed by atoms with Gasteiger partial charge in [-0.1, -0.05) is 19.8 Å². The minimum Gasteiger partial charge on any atom is -0.396 e. The molecule has 2 unspecified atom stereocenters. The Morgan fingerprint density at radius 1 is 1.50 bits per heavy atom. The van der Waals surface area contributed by atoms with Crippen molar-refractivity contribution in [1.29, 1.82) is 0 Å². The molecule has 1 aliphatic heterocycles. The van der Waals surface area contributed by atoms with E-state index in [0.29, 0.717) is 6.04 Å². The van der Waals surface area contributed by atoms with Gasteiger partial charge in [-0.25, -0.2) is 0 Å². The maximum atomic E-state index is 9.12. The Hall–Kier alpha value is -0.120. The van der Waals surface area contributed by atoms with E-state index in [1.807, 2.05) is 0 Å². The molecule has 1 fully saturated rings. The third-order valence-electron chi connectivity index (χ3n) is 3.64. The van der Waals surface area contributed by atoms with Gasteiger partial charge in [-0.2, -0.15) is 0 Å². The highest BCUT2D eigenvalue weighted by Crippen LogP contribution is 2.31. The van der Waals surface area contributed by atoms with Crippen LogP contribution in [-0.2, 0) is 4.74 Å². The van der Waals surface area contributed by atoms with E-state index >= 15 is 0 Å². The molecule has 2 N–H and O–H groups in total. The predicted molar refractivity (Wildman–Crippen MR) is 66.6 cm³/mol. The summed E-state index contributed by atoms with van der Waals surface area (Å²) in [4.78, 5) is 0. The van der Waals surface area contributed by atoms with Crippen LogP contribution in [0.5, 0.6) is 0 Å². The minimum absolute atomic E-state index is 0.190. The molecule has 1 aliphatic rings. The average molecular weight is 229 g/mol. The van der Waals surface area contributed by atoms with Gasteiger partial charge in [-0.3, -0.25) is 0 Å². The van der Waals surface area contributed by atoms with E-state index in [9.17, 15) is 0 Å². The number of hydrogen-bond donors (Lipinski definition) is 2. The molecule has 1 heterocycles. The summed E-state index contributed by atoms with van der Waals surface area (Å²) in [5.41, 5.74) is 0.190. The van der Waals surface area contributed by atoms with E-state index in [1.54, 1.807) is 0 Å². The van der Waals surface area contributed by atoms with Gasteiger partial charge in [0.05, 0.1) is 6.61 Å². The Bertz CT molecular complexity index is 179. The number of rotatable bonds is 8. The van der Waals surface area contributed by atoms with E-state index in [2.05, 4.69) is 19.2 Å². The number of ether oxygens (including phenoxy) is 1. The van der Waals surface area contributed by atoms with Crippen LogP contribution in [0.1, 0.15) is 46.0 Å². The van der Waals surface area contributed by atoms with Crippen molar-refractivity contribution in [2.45, 2.75) is 52.0 Å². The first-order valence-corrected chi connectivity index (χ1v) is 6.64. The molecule has 0 aromatic heterocycles. The number of aliphatic hydroxyl groups excluding tert-OH is 1. The SMILES string of the molecule is CCCCC(C)NCC1(CCO)CCOC1. The van der Waals surface area contributed by atoms with Crippen LogP contribution in [0, 0.1) is 5.41 Å². The fraction of sp³-hybridized carbons (Fsp3) is 1.00. The van der Waals surface area contributed by atoms with Crippen LogP contribution in [0.3, 0.4) is 0 Å². The average Bonchev–Trinajstić information content (AvgIpc) is 2.73. The maximum Gasteiger partial charge on any atom is 0.0536 e. The molecule has 96 valence electrons. The number of nitrogens with one attached hydrogen (secondary N) is 1. The summed E-state index contributed by atoms with van der Waals surface area (Å²) in [5, 5.41) is 12.7. The number of unbranched alkanes of at least 4 members (excludes halogenated alkanes) is 1. The number of hydrogen-bond acceptors (Lipinski definition) is 3. The van der Waals surface area contributed by atoms with Crippen molar-refractivity contribution in [1.82, 2.24) is 5.32 Å². The lowest BCUT2D eigenvalue weighted by Crippen LogP contribution is -2.39. The zero-order valence-electron chi connectivity index (χ0n) is 10.8. The van der Waals surface area contributed by atoms with E-state index < -0.39 is 0 Å². The molecule has 0 amide bonds. The number of aliphatic hydroxyl groups is 1. The molecule has 0 saturated carbocycles. The van der Waals surface area contributed by atoms with Crippen LogP contribution >= 0.6 is 0 Å². The van der Waals surface area contributed by atoms with Crippen LogP contribution < -0.4 is 5.32 Å². The van der Waals surface area contributed by atoms with Crippen molar-refractivity contribution in [3.63, 3.8) is 0 Å². The summed E-state index contributed by atoms with van der Waals surface area (Å²) in [6.45, 7) is 7.39. The van der Waals surface area contributed by atoms with Crippen molar-refractivity contribution in [2.75, 3.05) is 26.4 Å². The van der Waals surface area contributed by atoms with Crippen molar-refractivity contribution in [3.8, 4) is 0 Å². The van der Waals surface area contributed by atoms with Gasteiger partial charge in [0.25, 0.3) is 0 Å². The molecule has 2 atom stereocenters. The molecule has 0 aliphatic carbocycles. The highest BCUT2D eigenvalue weighted by molar-refractivity contribution is 4.86. The first-order valence-electron chi connectivity index (χ1n) is 6.64. The molecule has 3 heteroatoms. The lowest BCUT2D eigenvalue weighted by Gasteiger charge is -2.28. The molecule has 0 bridgehead atoms. The van der Waals surface area contributed by atoms with Gasteiger partial charge >= 0.3 is 0 Å². The van der Waals surface area contributed by atoms with E-state index in [4.69, 9.17) is 9.84 Å². The highest BCUT2D eigenvalue weighted by Gasteiger charge is 2.34. The topological polar surface area (TPSA) is 41.5 Å². The van der Waals surface area contributed by atoms with E-state index in [0.717, 1.165) is 32.6 Å². The fourth-order valence-electron chi connectivity index (χ4n) is 2.31. The molecular weight excluding hydrogens is 202 g/mol. The minimum atomic E-state index is 0.190. The van der Waals surface area contributed by atoms with Gasteiger partial charge in [-0.05, 0) is 26.2 Å². The summed E-state index contributed by atoms with van der Waals surface area (Å²) < 4.78 is 5.48. The van der Waals surface area contributed by atoms with Crippen LogP contribution in [0.2, 0.25) is 0 Å². The summed E-state index contributed by atoms with van der Waals surface area (Å²) >= 11 is 0. The Labute approximate surface area is 99.6 Å². The zero-order valence-corrected chi connectivity index (χ0v) is 10.8. The Kier molecular flexibility index (Phi) is 6.32. The van der Waals surface area contributed by atoms with Gasteiger partial charge in [0, 0.05) is 31.2 Å². The summed E-state index contributed by atoms with van der Waals surface area (Å²) in [7, 11) is 0. The first-order chi connectivity index (χ1) is 7.72. The zero-order chi connectivity index (χ0) is 11.9. The predicted octanol–water partition coefficient (Wildman–Crippen LogP) is 1.94. The third-order valence-corrected chi connectivity index (χ3v) is 3.64. The first kappa shape index (κ1) is 13.9. The summed E-state index contributed by atoms with van der Waals surface area (Å²) in [6, 6.07) is 0.580. The molecule has 1 saturated heterocycles. The molecule has 16 heavy (non-hydrogen) atoms. The molecule has 0 radical (unpaired) electrons. The molecule has 3 nitrogen and oxygen atoms in total. The Balaban J connectivity index is 2.26. The summed E-state index contributed by atoms with van der Waals surface area (Å²) in [6.07, 6.45) is 5.74. The monoisotopic (exact) mass is 229 g/mol. The van der Waals surface area contributed by atoms with Gasteiger partial charge in [0.2, 0.25) is 0 Å². The highest BCUT2D eigenvalue weighted by atomic mass is 16.5. The molecule has 1 rings (SSSR count). The van der Waals surface area contributed by atoms with Crippen LogP contribution in [-0.4, -0.2) is 37.5 Å². The van der Waals surface area contributed by atoms with Crippen molar-refractivity contribution >= 4 is 0 Å². The van der Waals surface area contributed by atoms with Gasteiger partial charge in [-0.15, -0.1) is 0 Å². The van der Waals surface area contributed by atoms with Gasteiger partial charge < -0.3 is 15.2 Å². The standard InChI is InChI=1S/C13H27NO2/c1-3-4-5-12(2)14-10-13(6-8-15)7-9-16-11-13/h12,14-15H,3-11H2,1-2H3. The molecule has 0 aromatic rings. The second kappa shape index (κ2) is 7.25. The largest absolute Gasteiger partial charge is 0.396 e. The van der Waals surface area contributed by atoms with Crippen LogP contribution in [0.4, 0.5) is 0 Å². The lowest BCUT2D eigenvalue weighted by atomic mass is 9.83. The second-order valence-electron chi connectivity index (χ2n) is 5.20. The quantitative estimate of drug-likeness (QED) is 0.668. The summed E-state index contributed by atoms with van der Waals surface area (Å²) in [5.74, 6) is 0. The van der Waals surface area contributed by atoms with Crippen molar-refractivity contribution in [2.24, 2.45) is 5.41 Å². The maximum absolute atomic E-state index is 9.12.